The molecule has 0 bridgehead atoms. The van der Waals surface area contributed by atoms with Crippen molar-refractivity contribution in [2.24, 2.45) is 0 Å². The second kappa shape index (κ2) is 9.30. The molecule has 0 unspecified atom stereocenters. The lowest BCUT2D eigenvalue weighted by Gasteiger charge is -2.37. The summed E-state index contributed by atoms with van der Waals surface area (Å²) in [5.41, 5.74) is 2.27. The average Bonchev–Trinajstić information content (AvgIpc) is 3.23. The summed E-state index contributed by atoms with van der Waals surface area (Å²) in [4.78, 5) is 33.6. The van der Waals surface area contributed by atoms with Crippen LogP contribution in [-0.4, -0.2) is 68.3 Å². The van der Waals surface area contributed by atoms with Crippen molar-refractivity contribution in [1.82, 2.24) is 24.5 Å². The lowest BCUT2D eigenvalue weighted by molar-refractivity contribution is 0.0240. The van der Waals surface area contributed by atoms with Crippen LogP contribution in [-0.2, 0) is 4.74 Å². The highest BCUT2D eigenvalue weighted by molar-refractivity contribution is 6.13. The quantitative estimate of drug-likeness (QED) is 0.448. The molecule has 10 nitrogen and oxygen atoms in total. The predicted molar refractivity (Wildman–Crippen MR) is 137 cm³/mol. The molecule has 0 atom stereocenters. The zero-order valence-electron chi connectivity index (χ0n) is 21.2. The minimum absolute atomic E-state index is 0.197. The number of aryl methyl sites for hydroxylation is 1. The number of imidazole rings is 1. The van der Waals surface area contributed by atoms with E-state index in [-0.39, 0.29) is 11.7 Å². The van der Waals surface area contributed by atoms with Gasteiger partial charge in [0.25, 0.3) is 5.91 Å². The molecule has 0 aliphatic carbocycles. The van der Waals surface area contributed by atoms with Crippen LogP contribution >= 0.6 is 0 Å². The summed E-state index contributed by atoms with van der Waals surface area (Å²) in [6.45, 7) is 9.54. The maximum absolute atomic E-state index is 14.5. The maximum atomic E-state index is 14.5. The van der Waals surface area contributed by atoms with Gasteiger partial charge in [0.15, 0.2) is 11.5 Å². The number of benzene rings is 1. The van der Waals surface area contributed by atoms with Gasteiger partial charge in [0, 0.05) is 55.7 Å². The molecule has 1 fully saturated rings. The molecule has 192 valence electrons. The highest BCUT2D eigenvalue weighted by Gasteiger charge is 2.27. The number of pyridine rings is 1. The first-order valence-electron chi connectivity index (χ1n) is 12.0. The predicted octanol–water partition coefficient (Wildman–Crippen LogP) is 4.03. The Kier molecular flexibility index (Phi) is 6.14. The lowest BCUT2D eigenvalue weighted by Crippen LogP contribution is -2.50. The molecule has 1 aliphatic rings. The second-order valence-corrected chi connectivity index (χ2v) is 10.0. The molecule has 1 aromatic carbocycles. The number of carbonyl (C=O) groups is 2. The van der Waals surface area contributed by atoms with Crippen molar-refractivity contribution in [2.75, 3.05) is 36.4 Å². The van der Waals surface area contributed by atoms with Gasteiger partial charge in [-0.05, 0) is 45.9 Å². The Labute approximate surface area is 213 Å². The highest BCUT2D eigenvalue weighted by atomic mass is 19.1. The van der Waals surface area contributed by atoms with E-state index in [0.29, 0.717) is 48.6 Å². The molecule has 0 spiro atoms. The first kappa shape index (κ1) is 24.4. The van der Waals surface area contributed by atoms with Crippen LogP contribution in [0.4, 0.5) is 20.6 Å². The van der Waals surface area contributed by atoms with Crippen LogP contribution in [0.3, 0.4) is 0 Å². The summed E-state index contributed by atoms with van der Waals surface area (Å²) in [7, 11) is 0. The van der Waals surface area contributed by atoms with E-state index in [9.17, 15) is 14.0 Å². The van der Waals surface area contributed by atoms with Gasteiger partial charge in [-0.15, -0.1) is 5.10 Å². The van der Waals surface area contributed by atoms with Crippen molar-refractivity contribution in [3.05, 3.63) is 59.9 Å². The molecule has 4 aromatic rings. The Morgan fingerprint density at radius 3 is 2.57 bits per heavy atom. The number of hydrogen-bond acceptors (Lipinski definition) is 7. The van der Waals surface area contributed by atoms with Crippen molar-refractivity contribution in [1.29, 1.82) is 0 Å². The maximum Gasteiger partial charge on any atom is 0.410 e. The number of halogens is 1. The zero-order valence-corrected chi connectivity index (χ0v) is 21.2. The number of aromatic nitrogens is 4. The molecular formula is C26H28FN7O3. The van der Waals surface area contributed by atoms with Gasteiger partial charge in [-0.1, -0.05) is 0 Å². The second-order valence-electron chi connectivity index (χ2n) is 10.0. The molecule has 0 saturated carbocycles. The molecule has 37 heavy (non-hydrogen) atoms. The van der Waals surface area contributed by atoms with Crippen LogP contribution in [0.2, 0.25) is 0 Å². The van der Waals surface area contributed by atoms with Crippen LogP contribution in [0.1, 0.15) is 36.8 Å². The summed E-state index contributed by atoms with van der Waals surface area (Å²) in [5.74, 6) is -0.959. The smallest absolute Gasteiger partial charge is 0.410 e. The molecule has 0 radical (unpaired) electrons. The molecule has 1 aliphatic heterocycles. The topological polar surface area (TPSA) is 105 Å². The summed E-state index contributed by atoms with van der Waals surface area (Å²) in [6.07, 6.45) is 4.56. The fourth-order valence-corrected chi connectivity index (χ4v) is 4.43. The first-order valence-corrected chi connectivity index (χ1v) is 12.0. The monoisotopic (exact) mass is 505 g/mol. The fourth-order valence-electron chi connectivity index (χ4n) is 4.43. The number of ether oxygens (including phenoxy) is 1. The van der Waals surface area contributed by atoms with Gasteiger partial charge in [-0.3, -0.25) is 4.79 Å². The largest absolute Gasteiger partial charge is 0.444 e. The molecular weight excluding hydrogens is 477 g/mol. The number of piperazine rings is 1. The van der Waals surface area contributed by atoms with Crippen LogP contribution in [0.25, 0.3) is 16.6 Å². The Bertz CT molecular complexity index is 1500. The normalized spacial score (nSPS) is 14.3. The number of anilines is 2. The highest BCUT2D eigenvalue weighted by Crippen LogP contribution is 2.29. The van der Waals surface area contributed by atoms with Gasteiger partial charge in [-0.2, -0.15) is 5.10 Å². The Morgan fingerprint density at radius 2 is 1.84 bits per heavy atom. The summed E-state index contributed by atoms with van der Waals surface area (Å²) in [6, 6.07) is 6.62. The number of rotatable bonds is 3. The Hall–Kier alpha value is -4.28. The SMILES string of the molecule is Cc1cn2cc(NC(=O)c3ccc(N4CCN(C(=O)OC(C)(C)C)CC4)c4ccnnc34)cc(F)c2n1. The molecule has 2 amide bonds. The van der Waals surface area contributed by atoms with Crippen molar-refractivity contribution >= 4 is 39.9 Å². The Balaban J connectivity index is 1.37. The molecule has 11 heteroatoms. The van der Waals surface area contributed by atoms with E-state index in [1.54, 1.807) is 36.5 Å². The standard InChI is InChI=1S/C26H28FN7O3/c1-16-14-34-15-17(13-20(27)23(34)29-16)30-24(35)19-5-6-21(18-7-8-28-31-22(18)19)32-9-11-33(12-10-32)25(36)37-26(2,3)4/h5-8,13-15H,9-12H2,1-4H3,(H,30,35). The van der Waals surface area contributed by atoms with E-state index in [2.05, 4.69) is 25.4 Å². The van der Waals surface area contributed by atoms with Gasteiger partial charge in [0.05, 0.1) is 23.1 Å². The third kappa shape index (κ3) is 5.02. The molecule has 4 heterocycles. The number of nitrogens with one attached hydrogen (secondary N) is 1. The van der Waals surface area contributed by atoms with Crippen molar-refractivity contribution in [3.63, 3.8) is 0 Å². The summed E-state index contributed by atoms with van der Waals surface area (Å²) < 4.78 is 21.5. The lowest BCUT2D eigenvalue weighted by atomic mass is 10.1. The molecule has 5 rings (SSSR count). The van der Waals surface area contributed by atoms with Crippen LogP contribution in [0, 0.1) is 12.7 Å². The van der Waals surface area contributed by atoms with Crippen molar-refractivity contribution < 1.29 is 18.7 Å². The van der Waals surface area contributed by atoms with Crippen molar-refractivity contribution in [2.45, 2.75) is 33.3 Å². The number of amides is 2. The van der Waals surface area contributed by atoms with E-state index in [4.69, 9.17) is 4.74 Å². The third-order valence-corrected chi connectivity index (χ3v) is 6.06. The summed E-state index contributed by atoms with van der Waals surface area (Å²) in [5, 5.41) is 11.8. The molecule has 1 saturated heterocycles. The molecule has 1 N–H and O–H groups in total. The number of hydrogen-bond donors (Lipinski definition) is 1. The van der Waals surface area contributed by atoms with Crippen LogP contribution in [0.5, 0.6) is 0 Å². The van der Waals surface area contributed by atoms with E-state index < -0.39 is 17.3 Å². The van der Waals surface area contributed by atoms with E-state index in [1.807, 2.05) is 32.9 Å². The zero-order chi connectivity index (χ0) is 26.3. The average molecular weight is 506 g/mol. The van der Waals surface area contributed by atoms with Gasteiger partial charge < -0.3 is 24.3 Å². The van der Waals surface area contributed by atoms with Gasteiger partial charge in [0.2, 0.25) is 0 Å². The van der Waals surface area contributed by atoms with Gasteiger partial charge in [-0.25, -0.2) is 14.2 Å². The number of carbonyl (C=O) groups excluding carboxylic acids is 2. The van der Waals surface area contributed by atoms with Gasteiger partial charge in [0.1, 0.15) is 11.1 Å². The third-order valence-electron chi connectivity index (χ3n) is 6.06. The minimum Gasteiger partial charge on any atom is -0.444 e. The van der Waals surface area contributed by atoms with Gasteiger partial charge >= 0.3 is 6.09 Å². The minimum atomic E-state index is -0.547. The van der Waals surface area contributed by atoms with Crippen molar-refractivity contribution in [3.8, 4) is 0 Å². The van der Waals surface area contributed by atoms with E-state index >= 15 is 0 Å². The van der Waals surface area contributed by atoms with E-state index in [0.717, 1.165) is 11.1 Å². The molecule has 3 aromatic heterocycles. The van der Waals surface area contributed by atoms with Crippen LogP contribution in [0.15, 0.2) is 42.9 Å². The van der Waals surface area contributed by atoms with E-state index in [1.165, 1.54) is 10.5 Å². The number of fused-ring (bicyclic) bond motifs is 2. The Morgan fingerprint density at radius 1 is 1.08 bits per heavy atom. The first-order chi connectivity index (χ1) is 17.6. The summed E-state index contributed by atoms with van der Waals surface area (Å²) >= 11 is 0. The fraction of sp³-hybridized carbons (Fsp3) is 0.346. The number of nitrogens with zero attached hydrogens (tertiary/aromatic N) is 6. The van der Waals surface area contributed by atoms with Crippen LogP contribution < -0.4 is 10.2 Å².